The van der Waals surface area contributed by atoms with Crippen LogP contribution in [0.1, 0.15) is 207 Å². The molecule has 0 heterocycles. The van der Waals surface area contributed by atoms with Gasteiger partial charge in [-0.2, -0.15) is 0 Å². The van der Waals surface area contributed by atoms with Crippen molar-refractivity contribution in [3.8, 4) is 0 Å². The van der Waals surface area contributed by atoms with Crippen molar-refractivity contribution >= 4 is 0 Å². The lowest BCUT2D eigenvalue weighted by atomic mass is 9.87. The van der Waals surface area contributed by atoms with Crippen LogP contribution >= 0.6 is 0 Å². The minimum absolute atomic E-state index is 0.807. The molecular formula is C42H78. The van der Waals surface area contributed by atoms with Gasteiger partial charge in [0.15, 0.2) is 0 Å². The summed E-state index contributed by atoms with van der Waals surface area (Å²) in [7, 11) is 0. The van der Waals surface area contributed by atoms with Gasteiger partial charge >= 0.3 is 0 Å². The molecule has 0 bridgehead atoms. The third-order valence-corrected chi connectivity index (χ3v) is 8.91. The molecule has 0 spiro atoms. The Labute approximate surface area is 267 Å². The first-order chi connectivity index (χ1) is 20.7. The largest absolute Gasteiger partial charge is 0.0885 e. The first-order valence-electron chi connectivity index (χ1n) is 19.3. The second-order valence-electron chi connectivity index (χ2n) is 13.4. The Hall–Kier alpha value is -1.04. The molecule has 0 fully saturated rings. The van der Waals surface area contributed by atoms with E-state index >= 15 is 0 Å². The van der Waals surface area contributed by atoms with Gasteiger partial charge in [0.25, 0.3) is 0 Å². The highest BCUT2D eigenvalue weighted by molar-refractivity contribution is 4.86. The van der Waals surface area contributed by atoms with Gasteiger partial charge in [-0.3, -0.25) is 0 Å². The van der Waals surface area contributed by atoms with Crippen molar-refractivity contribution < 1.29 is 0 Å². The number of unbranched alkanes of at least 4 members (excludes halogenated alkanes) is 20. The van der Waals surface area contributed by atoms with E-state index in [2.05, 4.69) is 76.3 Å². The van der Waals surface area contributed by atoms with Crippen molar-refractivity contribution in [1.82, 2.24) is 0 Å². The van der Waals surface area contributed by atoms with Crippen LogP contribution in [-0.4, -0.2) is 0 Å². The van der Waals surface area contributed by atoms with Crippen LogP contribution in [0.15, 0.2) is 48.6 Å². The third-order valence-electron chi connectivity index (χ3n) is 8.91. The average Bonchev–Trinajstić information content (AvgIpc) is 2.99. The van der Waals surface area contributed by atoms with Gasteiger partial charge in [0.05, 0.1) is 0 Å². The van der Waals surface area contributed by atoms with Crippen LogP contribution in [0.3, 0.4) is 0 Å². The Balaban J connectivity index is 3.54. The molecule has 0 aliphatic carbocycles. The first-order valence-corrected chi connectivity index (χ1v) is 19.3. The maximum absolute atomic E-state index is 2.48. The molecule has 0 amide bonds. The molecule has 0 aromatic heterocycles. The van der Waals surface area contributed by atoms with E-state index in [4.69, 9.17) is 0 Å². The van der Waals surface area contributed by atoms with Gasteiger partial charge in [0.2, 0.25) is 0 Å². The van der Waals surface area contributed by atoms with Gasteiger partial charge in [-0.05, 0) is 102 Å². The van der Waals surface area contributed by atoms with E-state index in [0.29, 0.717) is 0 Å². The molecule has 0 atom stereocenters. The molecule has 0 rings (SSSR count). The van der Waals surface area contributed by atoms with Gasteiger partial charge in [-0.25, -0.2) is 0 Å². The maximum Gasteiger partial charge on any atom is -0.0348 e. The van der Waals surface area contributed by atoms with Crippen LogP contribution in [0.2, 0.25) is 0 Å². The molecule has 42 heavy (non-hydrogen) atoms. The molecule has 0 aromatic carbocycles. The number of allylic oxidation sites excluding steroid dienone is 8. The lowest BCUT2D eigenvalue weighted by Gasteiger charge is -2.19. The molecule has 0 aromatic rings. The Bertz CT molecular complexity index is 554. The van der Waals surface area contributed by atoms with Crippen molar-refractivity contribution in [3.63, 3.8) is 0 Å². The number of rotatable bonds is 33. The van der Waals surface area contributed by atoms with E-state index in [0.717, 1.165) is 11.8 Å². The summed E-state index contributed by atoms with van der Waals surface area (Å²) in [6.45, 7) is 9.36. The summed E-state index contributed by atoms with van der Waals surface area (Å²) in [5.74, 6) is 1.68. The standard InChI is InChI=1S/C42H78/c1-5-7-9-11-13-15-17-19-21-23-25-27-29-31-33-35-37-39-42(41(3)4)40-38-36-34-32-30-28-26-24-22-20-18-16-14-12-10-8-6-2/h9-12,33-36,41-42H,5-8,13-32,37-40H2,1-4H3/b11-9+,12-10+,35-33+,36-34+. The lowest BCUT2D eigenvalue weighted by Crippen LogP contribution is -2.08. The highest BCUT2D eigenvalue weighted by Crippen LogP contribution is 2.23. The van der Waals surface area contributed by atoms with Gasteiger partial charge in [-0.15, -0.1) is 0 Å². The zero-order chi connectivity index (χ0) is 30.6. The van der Waals surface area contributed by atoms with Gasteiger partial charge in [-0.1, -0.05) is 166 Å². The average molecular weight is 583 g/mol. The summed E-state index contributed by atoms with van der Waals surface area (Å²) in [6, 6.07) is 0. The Morgan fingerprint density at radius 1 is 0.310 bits per heavy atom. The summed E-state index contributed by atoms with van der Waals surface area (Å²) < 4.78 is 0. The van der Waals surface area contributed by atoms with Crippen molar-refractivity contribution in [2.45, 2.75) is 207 Å². The van der Waals surface area contributed by atoms with E-state index in [9.17, 15) is 0 Å². The quantitative estimate of drug-likeness (QED) is 0.0533. The number of hydrogen-bond acceptors (Lipinski definition) is 0. The molecule has 0 unspecified atom stereocenters. The molecule has 0 saturated carbocycles. The maximum atomic E-state index is 2.48. The second-order valence-corrected chi connectivity index (χ2v) is 13.4. The highest BCUT2D eigenvalue weighted by atomic mass is 14.2. The van der Waals surface area contributed by atoms with E-state index in [-0.39, 0.29) is 0 Å². The molecule has 0 nitrogen and oxygen atoms in total. The fraction of sp³-hybridized carbons (Fsp3) is 0.810. The SMILES string of the molecule is CCC/C=C/CCCCCCCCCC/C=C/CCC(CC/C=C/CCCCCCCCCC/C=C/CCC)C(C)C. The molecule has 0 N–H and O–H groups in total. The minimum Gasteiger partial charge on any atom is -0.0885 e. The first kappa shape index (κ1) is 41.0. The zero-order valence-electron chi connectivity index (χ0n) is 29.6. The Kier molecular flexibility index (Phi) is 35.3. The van der Waals surface area contributed by atoms with Crippen LogP contribution in [-0.2, 0) is 0 Å². The monoisotopic (exact) mass is 583 g/mol. The third kappa shape index (κ3) is 33.5. The summed E-state index contributed by atoms with van der Waals surface area (Å²) >= 11 is 0. The van der Waals surface area contributed by atoms with Crippen molar-refractivity contribution in [1.29, 1.82) is 0 Å². The molecule has 0 saturated heterocycles. The zero-order valence-corrected chi connectivity index (χ0v) is 29.6. The normalized spacial score (nSPS) is 12.6. The van der Waals surface area contributed by atoms with E-state index in [1.54, 1.807) is 0 Å². The Morgan fingerprint density at radius 2 is 0.548 bits per heavy atom. The lowest BCUT2D eigenvalue weighted by molar-refractivity contribution is 0.341. The van der Waals surface area contributed by atoms with Gasteiger partial charge in [0, 0.05) is 0 Å². The van der Waals surface area contributed by atoms with Crippen molar-refractivity contribution in [3.05, 3.63) is 48.6 Å². The summed E-state index contributed by atoms with van der Waals surface area (Å²) in [5, 5.41) is 0. The molecule has 0 radical (unpaired) electrons. The molecule has 0 aliphatic rings. The van der Waals surface area contributed by atoms with Gasteiger partial charge in [0.1, 0.15) is 0 Å². The fourth-order valence-electron chi connectivity index (χ4n) is 5.88. The van der Waals surface area contributed by atoms with Crippen molar-refractivity contribution in [2.75, 3.05) is 0 Å². The van der Waals surface area contributed by atoms with E-state index in [1.807, 2.05) is 0 Å². The van der Waals surface area contributed by atoms with Crippen LogP contribution in [0.5, 0.6) is 0 Å². The van der Waals surface area contributed by atoms with Crippen molar-refractivity contribution in [2.24, 2.45) is 11.8 Å². The fourth-order valence-corrected chi connectivity index (χ4v) is 5.88. The summed E-state index contributed by atoms with van der Waals surface area (Å²) in [5.41, 5.74) is 0. The predicted octanol–water partition coefficient (Wildman–Crippen LogP) is 15.4. The van der Waals surface area contributed by atoms with Crippen LogP contribution in [0.4, 0.5) is 0 Å². The molecule has 246 valence electrons. The van der Waals surface area contributed by atoms with Crippen LogP contribution in [0.25, 0.3) is 0 Å². The van der Waals surface area contributed by atoms with Crippen LogP contribution < -0.4 is 0 Å². The highest BCUT2D eigenvalue weighted by Gasteiger charge is 2.11. The van der Waals surface area contributed by atoms with Gasteiger partial charge < -0.3 is 0 Å². The molecule has 0 aliphatic heterocycles. The van der Waals surface area contributed by atoms with E-state index < -0.39 is 0 Å². The summed E-state index contributed by atoms with van der Waals surface area (Å²) in [6.07, 6.45) is 57.6. The smallest absolute Gasteiger partial charge is 0.0348 e. The van der Waals surface area contributed by atoms with Crippen LogP contribution in [0, 0.1) is 11.8 Å². The Morgan fingerprint density at radius 3 is 0.810 bits per heavy atom. The van der Waals surface area contributed by atoms with E-state index in [1.165, 1.54) is 180 Å². The number of hydrogen-bond donors (Lipinski definition) is 0. The topological polar surface area (TPSA) is 0 Å². The second kappa shape index (κ2) is 36.2. The summed E-state index contributed by atoms with van der Waals surface area (Å²) in [4.78, 5) is 0. The molecular weight excluding hydrogens is 504 g/mol. The minimum atomic E-state index is 0.807. The molecule has 0 heteroatoms. The predicted molar refractivity (Wildman–Crippen MR) is 196 cm³/mol.